The van der Waals surface area contributed by atoms with E-state index in [-0.39, 0.29) is 29.9 Å². The van der Waals surface area contributed by atoms with Gasteiger partial charge in [0.15, 0.2) is 0 Å². The zero-order valence-electron chi connectivity index (χ0n) is 12.2. The highest BCUT2D eigenvalue weighted by molar-refractivity contribution is 7.89. The molecule has 0 saturated carbocycles. The quantitative estimate of drug-likeness (QED) is 0.807. The van der Waals surface area contributed by atoms with E-state index in [1.807, 2.05) is 6.92 Å². The molecule has 2 N–H and O–H groups in total. The van der Waals surface area contributed by atoms with E-state index in [0.717, 1.165) is 11.3 Å². The highest BCUT2D eigenvalue weighted by atomic mass is 32.2. The number of aliphatic hydroxyl groups excluding tert-OH is 1. The summed E-state index contributed by atoms with van der Waals surface area (Å²) in [6.07, 6.45) is 1.21. The van der Waals surface area contributed by atoms with Crippen LogP contribution in [0.5, 0.6) is 0 Å². The van der Waals surface area contributed by atoms with Gasteiger partial charge in [0, 0.05) is 25.4 Å². The molecule has 2 rings (SSSR count). The Hall–Kier alpha value is -1.44. The standard InChI is InChI=1S/C14H20N2O4S/c1-3-11(6-7-17)15-21(19,20)12-4-5-13-10(8-12)9-14(18)16(13)2/h4-5,8,11,15,17H,3,6-7,9H2,1-2H3. The van der Waals surface area contributed by atoms with Crippen molar-refractivity contribution < 1.29 is 18.3 Å². The molecule has 0 fully saturated rings. The van der Waals surface area contributed by atoms with Crippen molar-refractivity contribution in [2.24, 2.45) is 0 Å². The number of sulfonamides is 1. The van der Waals surface area contributed by atoms with Crippen molar-refractivity contribution in [2.45, 2.75) is 37.1 Å². The molecule has 1 heterocycles. The van der Waals surface area contributed by atoms with Gasteiger partial charge in [0.05, 0.1) is 11.3 Å². The lowest BCUT2D eigenvalue weighted by molar-refractivity contribution is -0.117. The smallest absolute Gasteiger partial charge is 0.240 e. The van der Waals surface area contributed by atoms with Crippen molar-refractivity contribution >= 4 is 21.6 Å². The summed E-state index contributed by atoms with van der Waals surface area (Å²) in [4.78, 5) is 13.3. The van der Waals surface area contributed by atoms with Gasteiger partial charge < -0.3 is 10.0 Å². The number of hydrogen-bond donors (Lipinski definition) is 2. The van der Waals surface area contributed by atoms with Crippen molar-refractivity contribution in [3.63, 3.8) is 0 Å². The van der Waals surface area contributed by atoms with Gasteiger partial charge in [-0.1, -0.05) is 6.92 Å². The predicted octanol–water partition coefficient (Wildman–Crippen LogP) is 0.645. The molecule has 0 spiro atoms. The molecule has 1 aromatic rings. The molecular formula is C14H20N2O4S. The van der Waals surface area contributed by atoms with Crippen molar-refractivity contribution in [3.05, 3.63) is 23.8 Å². The van der Waals surface area contributed by atoms with Gasteiger partial charge in [0.1, 0.15) is 0 Å². The van der Waals surface area contributed by atoms with Crippen molar-refractivity contribution in [3.8, 4) is 0 Å². The van der Waals surface area contributed by atoms with E-state index in [1.54, 1.807) is 19.2 Å². The minimum Gasteiger partial charge on any atom is -0.396 e. The predicted molar refractivity (Wildman–Crippen MR) is 79.7 cm³/mol. The molecule has 7 heteroatoms. The number of likely N-dealkylation sites (N-methyl/N-ethyl adjacent to an activating group) is 1. The molecule has 1 amide bonds. The molecule has 1 unspecified atom stereocenters. The van der Waals surface area contributed by atoms with Crippen LogP contribution in [0.4, 0.5) is 5.69 Å². The van der Waals surface area contributed by atoms with E-state index in [4.69, 9.17) is 5.11 Å². The summed E-state index contributed by atoms with van der Waals surface area (Å²) >= 11 is 0. The highest BCUT2D eigenvalue weighted by Crippen LogP contribution is 2.29. The summed E-state index contributed by atoms with van der Waals surface area (Å²) in [5, 5.41) is 8.94. The lowest BCUT2D eigenvalue weighted by atomic mass is 10.2. The fourth-order valence-electron chi connectivity index (χ4n) is 2.40. The molecule has 1 aliphatic rings. The maximum Gasteiger partial charge on any atom is 0.240 e. The second-order valence-corrected chi connectivity index (χ2v) is 6.87. The minimum absolute atomic E-state index is 0.0424. The van der Waals surface area contributed by atoms with Crippen LogP contribution in [0.15, 0.2) is 23.1 Å². The first-order chi connectivity index (χ1) is 9.89. The second-order valence-electron chi connectivity index (χ2n) is 5.16. The Bertz CT molecular complexity index is 642. The third-order valence-corrected chi connectivity index (χ3v) is 5.25. The van der Waals surface area contributed by atoms with E-state index in [1.165, 1.54) is 11.0 Å². The Labute approximate surface area is 124 Å². The van der Waals surface area contributed by atoms with E-state index in [0.29, 0.717) is 12.8 Å². The third-order valence-electron chi connectivity index (χ3n) is 3.73. The van der Waals surface area contributed by atoms with Gasteiger partial charge in [0.2, 0.25) is 15.9 Å². The van der Waals surface area contributed by atoms with Gasteiger partial charge in [0.25, 0.3) is 0 Å². The van der Waals surface area contributed by atoms with E-state index in [2.05, 4.69) is 4.72 Å². The first-order valence-corrected chi connectivity index (χ1v) is 8.40. The molecule has 0 bridgehead atoms. The van der Waals surface area contributed by atoms with Crippen LogP contribution in [-0.2, 0) is 21.2 Å². The number of carbonyl (C=O) groups is 1. The summed E-state index contributed by atoms with van der Waals surface area (Å²) in [6.45, 7) is 1.80. The Morgan fingerprint density at radius 3 is 2.76 bits per heavy atom. The molecular weight excluding hydrogens is 292 g/mol. The lowest BCUT2D eigenvalue weighted by Gasteiger charge is -2.16. The Morgan fingerprint density at radius 2 is 2.14 bits per heavy atom. The molecule has 1 aromatic carbocycles. The maximum atomic E-state index is 12.3. The van der Waals surface area contributed by atoms with Crippen molar-refractivity contribution in [1.29, 1.82) is 0 Å². The van der Waals surface area contributed by atoms with Crippen molar-refractivity contribution in [1.82, 2.24) is 4.72 Å². The number of benzene rings is 1. The third kappa shape index (κ3) is 3.25. The Kier molecular flexibility index (Phi) is 4.65. The van der Waals surface area contributed by atoms with Crippen LogP contribution in [0.2, 0.25) is 0 Å². The molecule has 1 aliphatic heterocycles. The topological polar surface area (TPSA) is 86.7 Å². The van der Waals surface area contributed by atoms with Crippen LogP contribution >= 0.6 is 0 Å². The molecule has 0 aliphatic carbocycles. The molecule has 21 heavy (non-hydrogen) atoms. The highest BCUT2D eigenvalue weighted by Gasteiger charge is 2.26. The van der Waals surface area contributed by atoms with Gasteiger partial charge in [-0.15, -0.1) is 0 Å². The van der Waals surface area contributed by atoms with Gasteiger partial charge in [-0.2, -0.15) is 0 Å². The second kappa shape index (κ2) is 6.13. The zero-order chi connectivity index (χ0) is 15.6. The molecule has 0 aromatic heterocycles. The number of nitrogens with one attached hydrogen (secondary N) is 1. The molecule has 6 nitrogen and oxygen atoms in total. The van der Waals surface area contributed by atoms with Gasteiger partial charge >= 0.3 is 0 Å². The number of fused-ring (bicyclic) bond motifs is 1. The van der Waals surface area contributed by atoms with Crippen LogP contribution < -0.4 is 9.62 Å². The Balaban J connectivity index is 2.26. The number of anilines is 1. The largest absolute Gasteiger partial charge is 0.396 e. The Morgan fingerprint density at radius 1 is 1.43 bits per heavy atom. The summed E-state index contributed by atoms with van der Waals surface area (Å²) < 4.78 is 27.3. The zero-order valence-corrected chi connectivity index (χ0v) is 13.0. The van der Waals surface area contributed by atoms with Crippen LogP contribution in [0.25, 0.3) is 0 Å². The first kappa shape index (κ1) is 15.9. The van der Waals surface area contributed by atoms with Crippen LogP contribution in [0.1, 0.15) is 25.3 Å². The van der Waals surface area contributed by atoms with Crippen molar-refractivity contribution in [2.75, 3.05) is 18.6 Å². The van der Waals surface area contributed by atoms with Crippen LogP contribution in [0.3, 0.4) is 0 Å². The first-order valence-electron chi connectivity index (χ1n) is 6.91. The normalized spacial score (nSPS) is 16.1. The molecule has 116 valence electrons. The number of rotatable bonds is 6. The SMILES string of the molecule is CCC(CCO)NS(=O)(=O)c1ccc2c(c1)CC(=O)N2C. The molecule has 1 atom stereocenters. The number of carbonyl (C=O) groups excluding carboxylic acids is 1. The average molecular weight is 312 g/mol. The van der Waals surface area contributed by atoms with E-state index < -0.39 is 10.0 Å². The molecule has 0 radical (unpaired) electrons. The summed E-state index contributed by atoms with van der Waals surface area (Å²) in [7, 11) is -1.97. The molecule has 0 saturated heterocycles. The fourth-order valence-corrected chi connectivity index (χ4v) is 3.81. The average Bonchev–Trinajstić information content (AvgIpc) is 2.73. The monoisotopic (exact) mass is 312 g/mol. The summed E-state index contributed by atoms with van der Waals surface area (Å²) in [6, 6.07) is 4.41. The lowest BCUT2D eigenvalue weighted by Crippen LogP contribution is -2.35. The van der Waals surface area contributed by atoms with Crippen LogP contribution in [0, 0.1) is 0 Å². The number of aliphatic hydroxyl groups is 1. The maximum absolute atomic E-state index is 12.3. The minimum atomic E-state index is -3.64. The summed E-state index contributed by atoms with van der Waals surface area (Å²) in [5.74, 6) is -0.0424. The van der Waals surface area contributed by atoms with Gasteiger partial charge in [-0.05, 0) is 36.6 Å². The fraction of sp³-hybridized carbons (Fsp3) is 0.500. The van der Waals surface area contributed by atoms with E-state index >= 15 is 0 Å². The number of hydrogen-bond acceptors (Lipinski definition) is 4. The van der Waals surface area contributed by atoms with E-state index in [9.17, 15) is 13.2 Å². The summed E-state index contributed by atoms with van der Waals surface area (Å²) in [5.41, 5.74) is 1.47. The number of amides is 1. The van der Waals surface area contributed by atoms with Crippen LogP contribution in [-0.4, -0.2) is 39.1 Å². The van der Waals surface area contributed by atoms with Gasteiger partial charge in [-0.3, -0.25) is 4.79 Å². The van der Waals surface area contributed by atoms with Gasteiger partial charge in [-0.25, -0.2) is 13.1 Å². The number of nitrogens with zero attached hydrogens (tertiary/aromatic N) is 1.